The second-order valence-electron chi connectivity index (χ2n) is 3.59. The quantitative estimate of drug-likeness (QED) is 0.776. The van der Waals surface area contributed by atoms with Crippen LogP contribution in [0.15, 0.2) is 46.0 Å². The molecule has 5 nitrogen and oxygen atoms in total. The van der Waals surface area contributed by atoms with Gasteiger partial charge in [0.1, 0.15) is 0 Å². The summed E-state index contributed by atoms with van der Waals surface area (Å²) in [5.41, 5.74) is -0.522. The van der Waals surface area contributed by atoms with Gasteiger partial charge in [0.25, 0.3) is 11.5 Å². The van der Waals surface area contributed by atoms with Crippen molar-refractivity contribution >= 4 is 5.91 Å². The maximum Gasteiger partial charge on any atom is 0.335 e. The first kappa shape index (κ1) is 11.1. The molecule has 0 saturated carbocycles. The molecule has 0 radical (unpaired) electrons. The van der Waals surface area contributed by atoms with Gasteiger partial charge in [-0.3, -0.25) is 14.6 Å². The Morgan fingerprint density at radius 3 is 2.41 bits per heavy atom. The lowest BCUT2D eigenvalue weighted by atomic mass is 10.2. The first-order chi connectivity index (χ1) is 8.09. The molecule has 17 heavy (non-hydrogen) atoms. The molecular weight excluding hydrogens is 220 g/mol. The number of carbonyl (C=O) groups excluding carboxylic acids is 1. The van der Waals surface area contributed by atoms with E-state index in [9.17, 15) is 14.4 Å². The van der Waals surface area contributed by atoms with Crippen LogP contribution in [0.3, 0.4) is 0 Å². The van der Waals surface area contributed by atoms with E-state index in [2.05, 4.69) is 4.98 Å². The molecule has 0 saturated heterocycles. The lowest BCUT2D eigenvalue weighted by Crippen LogP contribution is -2.35. The van der Waals surface area contributed by atoms with Crippen LogP contribution >= 0.6 is 0 Å². The highest BCUT2D eigenvalue weighted by molar-refractivity contribution is 5.96. The van der Waals surface area contributed by atoms with Crippen LogP contribution in [0.4, 0.5) is 0 Å². The lowest BCUT2D eigenvalue weighted by Gasteiger charge is -2.06. The van der Waals surface area contributed by atoms with E-state index in [4.69, 9.17) is 0 Å². The summed E-state index contributed by atoms with van der Waals surface area (Å²) in [4.78, 5) is 36.7. The van der Waals surface area contributed by atoms with Crippen molar-refractivity contribution in [3.63, 3.8) is 0 Å². The second kappa shape index (κ2) is 4.21. The van der Waals surface area contributed by atoms with Crippen LogP contribution in [-0.2, 0) is 0 Å². The van der Waals surface area contributed by atoms with Gasteiger partial charge < -0.3 is 0 Å². The highest BCUT2D eigenvalue weighted by Crippen LogP contribution is 2.02. The first-order valence-corrected chi connectivity index (χ1v) is 5.02. The fraction of sp³-hybridized carbons (Fsp3) is 0.0833. The van der Waals surface area contributed by atoms with Crippen molar-refractivity contribution in [2.45, 2.75) is 6.92 Å². The lowest BCUT2D eigenvalue weighted by molar-refractivity contribution is 0.0952. The molecule has 1 aromatic carbocycles. The maximum absolute atomic E-state index is 12.0. The van der Waals surface area contributed by atoms with E-state index >= 15 is 0 Å². The van der Waals surface area contributed by atoms with Crippen molar-refractivity contribution in [1.29, 1.82) is 0 Å². The van der Waals surface area contributed by atoms with Crippen molar-refractivity contribution in [2.24, 2.45) is 0 Å². The van der Waals surface area contributed by atoms with Crippen molar-refractivity contribution in [3.8, 4) is 0 Å². The Bertz CT molecular complexity index is 668. The number of nitrogens with one attached hydrogen (secondary N) is 1. The molecule has 0 bridgehead atoms. The number of aryl methyl sites for hydroxylation is 1. The number of H-pyrrole nitrogens is 1. The Labute approximate surface area is 96.4 Å². The summed E-state index contributed by atoms with van der Waals surface area (Å²) in [6.45, 7) is 1.54. The number of rotatable bonds is 1. The molecule has 1 N–H and O–H groups in total. The Morgan fingerprint density at radius 2 is 1.82 bits per heavy atom. The molecule has 0 aliphatic carbocycles. The van der Waals surface area contributed by atoms with Gasteiger partial charge in [0.2, 0.25) is 0 Å². The third kappa shape index (κ3) is 2.08. The van der Waals surface area contributed by atoms with E-state index in [0.29, 0.717) is 11.3 Å². The molecule has 0 unspecified atom stereocenters. The largest absolute Gasteiger partial charge is 0.335 e. The minimum absolute atomic E-state index is 0.313. The smallest absolute Gasteiger partial charge is 0.274 e. The van der Waals surface area contributed by atoms with Crippen LogP contribution in [0.1, 0.15) is 16.1 Å². The summed E-state index contributed by atoms with van der Waals surface area (Å²) in [6, 6.07) is 9.62. The molecular formula is C12H10N2O3. The summed E-state index contributed by atoms with van der Waals surface area (Å²) >= 11 is 0. The number of hydrogen-bond acceptors (Lipinski definition) is 3. The van der Waals surface area contributed by atoms with E-state index in [0.717, 1.165) is 4.57 Å². The Hall–Kier alpha value is -2.43. The molecule has 0 fully saturated rings. The van der Waals surface area contributed by atoms with Crippen molar-refractivity contribution in [2.75, 3.05) is 0 Å². The summed E-state index contributed by atoms with van der Waals surface area (Å²) in [5, 5.41) is 0. The normalized spacial score (nSPS) is 10.2. The van der Waals surface area contributed by atoms with Gasteiger partial charge in [-0.2, -0.15) is 0 Å². The van der Waals surface area contributed by atoms with Gasteiger partial charge in [0, 0.05) is 17.3 Å². The Morgan fingerprint density at radius 1 is 1.18 bits per heavy atom. The minimum atomic E-state index is -0.719. The highest BCUT2D eigenvalue weighted by Gasteiger charge is 2.12. The summed E-state index contributed by atoms with van der Waals surface area (Å²) in [5.74, 6) is -0.454. The van der Waals surface area contributed by atoms with Crippen molar-refractivity contribution < 1.29 is 4.79 Å². The van der Waals surface area contributed by atoms with E-state index in [1.165, 1.54) is 13.0 Å². The fourth-order valence-corrected chi connectivity index (χ4v) is 1.57. The fourth-order valence-electron chi connectivity index (χ4n) is 1.57. The van der Waals surface area contributed by atoms with E-state index < -0.39 is 17.2 Å². The Kier molecular flexibility index (Phi) is 2.74. The average molecular weight is 230 g/mol. The zero-order chi connectivity index (χ0) is 12.4. The molecule has 0 atom stereocenters. The topological polar surface area (TPSA) is 71.9 Å². The summed E-state index contributed by atoms with van der Waals surface area (Å²) in [6.07, 6.45) is 0. The van der Waals surface area contributed by atoms with Crippen molar-refractivity contribution in [1.82, 2.24) is 9.55 Å². The monoisotopic (exact) mass is 230 g/mol. The predicted molar refractivity (Wildman–Crippen MR) is 62.2 cm³/mol. The van der Waals surface area contributed by atoms with Crippen LogP contribution in [0, 0.1) is 6.92 Å². The Balaban J connectivity index is 2.60. The second-order valence-corrected chi connectivity index (χ2v) is 3.59. The van der Waals surface area contributed by atoms with Crippen LogP contribution in [0.2, 0.25) is 0 Å². The third-order valence-corrected chi connectivity index (χ3v) is 2.35. The van der Waals surface area contributed by atoms with Gasteiger partial charge in [-0.1, -0.05) is 18.2 Å². The number of benzene rings is 1. The average Bonchev–Trinajstić information content (AvgIpc) is 2.28. The first-order valence-electron chi connectivity index (χ1n) is 5.02. The van der Waals surface area contributed by atoms with E-state index in [1.807, 2.05) is 0 Å². The molecule has 2 aromatic rings. The molecule has 5 heteroatoms. The van der Waals surface area contributed by atoms with Crippen LogP contribution in [-0.4, -0.2) is 15.5 Å². The molecule has 0 aliphatic rings. The molecule has 1 aromatic heterocycles. The number of aromatic nitrogens is 2. The van der Waals surface area contributed by atoms with Gasteiger partial charge in [0.15, 0.2) is 0 Å². The number of hydrogen-bond donors (Lipinski definition) is 1. The zero-order valence-corrected chi connectivity index (χ0v) is 9.14. The molecule has 0 amide bonds. The maximum atomic E-state index is 12.0. The van der Waals surface area contributed by atoms with Gasteiger partial charge in [-0.05, 0) is 19.1 Å². The minimum Gasteiger partial charge on any atom is -0.274 e. The summed E-state index contributed by atoms with van der Waals surface area (Å²) in [7, 11) is 0. The highest BCUT2D eigenvalue weighted by atomic mass is 16.2. The standard InChI is InChI=1S/C12H10N2O3/c1-8-7-10(15)13-12(17)14(8)11(16)9-5-3-2-4-6-9/h2-7H,1H3,(H,13,15,17). The van der Waals surface area contributed by atoms with E-state index in [1.54, 1.807) is 30.3 Å². The molecule has 86 valence electrons. The summed E-state index contributed by atoms with van der Waals surface area (Å²) < 4.78 is 0.941. The molecule has 1 heterocycles. The van der Waals surface area contributed by atoms with Gasteiger partial charge in [0.05, 0.1) is 0 Å². The molecule has 0 spiro atoms. The predicted octanol–water partition coefficient (Wildman–Crippen LogP) is 0.534. The van der Waals surface area contributed by atoms with E-state index in [-0.39, 0.29) is 0 Å². The molecule has 2 rings (SSSR count). The van der Waals surface area contributed by atoms with Gasteiger partial charge in [-0.15, -0.1) is 0 Å². The SMILES string of the molecule is Cc1cc(=O)[nH]c(=O)n1C(=O)c1ccccc1. The number of carbonyl (C=O) groups is 1. The number of aromatic amines is 1. The van der Waals surface area contributed by atoms with Crippen LogP contribution in [0.25, 0.3) is 0 Å². The molecule has 0 aliphatic heterocycles. The van der Waals surface area contributed by atoms with Crippen LogP contribution < -0.4 is 11.2 Å². The van der Waals surface area contributed by atoms with Crippen LogP contribution in [0.5, 0.6) is 0 Å². The zero-order valence-electron chi connectivity index (χ0n) is 9.14. The van der Waals surface area contributed by atoms with Gasteiger partial charge in [-0.25, -0.2) is 9.36 Å². The third-order valence-electron chi connectivity index (χ3n) is 2.35. The van der Waals surface area contributed by atoms with Gasteiger partial charge >= 0.3 is 5.69 Å². The van der Waals surface area contributed by atoms with Crippen molar-refractivity contribution in [3.05, 3.63) is 68.5 Å². The number of nitrogens with zero attached hydrogens (tertiary/aromatic N) is 1.